The van der Waals surface area contributed by atoms with E-state index in [0.717, 1.165) is 61.3 Å². The third-order valence-corrected chi connectivity index (χ3v) is 8.45. The van der Waals surface area contributed by atoms with Crippen LogP contribution in [0.1, 0.15) is 25.3 Å². The largest absolute Gasteiger partial charge is 0.464 e. The van der Waals surface area contributed by atoms with Crippen molar-refractivity contribution in [2.24, 2.45) is 0 Å². The fraction of sp³-hybridized carbons (Fsp3) is 0.0750. The lowest BCUT2D eigenvalue weighted by Crippen LogP contribution is -2.03. The predicted octanol–water partition coefficient (Wildman–Crippen LogP) is 11.0. The van der Waals surface area contributed by atoms with Crippen LogP contribution >= 0.6 is 0 Å². The molecule has 0 atom stereocenters. The van der Waals surface area contributed by atoms with Gasteiger partial charge < -0.3 is 4.42 Å². The van der Waals surface area contributed by atoms with E-state index in [9.17, 15) is 0 Å². The van der Waals surface area contributed by atoms with Crippen molar-refractivity contribution in [3.8, 4) is 39.3 Å². The number of hydrogen-bond acceptors (Lipinski definition) is 2. The number of rotatable bonds is 5. The number of hydrogen-bond donors (Lipinski definition) is 0. The predicted molar refractivity (Wildman–Crippen MR) is 179 cm³/mol. The highest BCUT2D eigenvalue weighted by molar-refractivity contribution is 6.04. The summed E-state index contributed by atoms with van der Waals surface area (Å²) in [6.07, 6.45) is 1.87. The number of nitrogens with zero attached hydrogens (tertiary/aromatic N) is 2. The van der Waals surface area contributed by atoms with Crippen LogP contribution in [0.2, 0.25) is 0 Å². The van der Waals surface area contributed by atoms with Gasteiger partial charge in [-0.15, -0.1) is 0 Å². The highest BCUT2D eigenvalue weighted by Gasteiger charge is 2.23. The summed E-state index contributed by atoms with van der Waals surface area (Å²) in [4.78, 5) is 5.27. The molecule has 3 heteroatoms. The molecule has 0 fully saturated rings. The number of benzene rings is 6. The van der Waals surface area contributed by atoms with Crippen molar-refractivity contribution in [2.45, 2.75) is 19.8 Å². The lowest BCUT2D eigenvalue weighted by Gasteiger charge is -2.19. The van der Waals surface area contributed by atoms with Crippen molar-refractivity contribution in [1.29, 1.82) is 0 Å². The third-order valence-electron chi connectivity index (χ3n) is 8.45. The monoisotopic (exact) mass is 554 g/mol. The Morgan fingerprint density at radius 3 is 1.98 bits per heavy atom. The van der Waals surface area contributed by atoms with Gasteiger partial charge >= 0.3 is 0 Å². The summed E-state index contributed by atoms with van der Waals surface area (Å²) < 4.78 is 8.60. The second-order valence-corrected chi connectivity index (χ2v) is 11.5. The standard InChI is InChI=1S/C40H30N2O/c1-26(2)29-20-21-30-23-34-35(25-43-38(34)24-31(30)22-29)40-41-36-18-9-10-19-37(36)42(40)39-32(27-12-5-3-6-13-27)16-11-17-33(39)28-14-7-4-8-15-28/h3-26H,1-2H3. The van der Waals surface area contributed by atoms with Crippen LogP contribution in [0.3, 0.4) is 0 Å². The lowest BCUT2D eigenvalue weighted by atomic mass is 9.95. The van der Waals surface area contributed by atoms with Gasteiger partial charge in [-0.1, -0.05) is 123 Å². The van der Waals surface area contributed by atoms with Crippen LogP contribution in [-0.4, -0.2) is 9.55 Å². The van der Waals surface area contributed by atoms with Crippen LogP contribution in [0.15, 0.2) is 144 Å². The topological polar surface area (TPSA) is 31.0 Å². The van der Waals surface area contributed by atoms with Crippen LogP contribution < -0.4 is 0 Å². The summed E-state index contributed by atoms with van der Waals surface area (Å²) in [5.41, 5.74) is 10.9. The van der Waals surface area contributed by atoms with Gasteiger partial charge in [0.05, 0.1) is 22.3 Å². The first-order chi connectivity index (χ1) is 21.2. The summed E-state index contributed by atoms with van der Waals surface area (Å²) in [5.74, 6) is 1.33. The zero-order valence-corrected chi connectivity index (χ0v) is 24.2. The Kier molecular flexibility index (Phi) is 5.97. The van der Waals surface area contributed by atoms with E-state index in [0.29, 0.717) is 5.92 Å². The molecule has 0 aliphatic rings. The zero-order chi connectivity index (χ0) is 28.9. The van der Waals surface area contributed by atoms with Crippen molar-refractivity contribution in [3.63, 3.8) is 0 Å². The average molecular weight is 555 g/mol. The molecule has 2 aromatic heterocycles. The maximum Gasteiger partial charge on any atom is 0.149 e. The normalized spacial score (nSPS) is 11.7. The Labute approximate surface area is 250 Å². The molecule has 0 aliphatic heterocycles. The number of imidazole rings is 1. The van der Waals surface area contributed by atoms with Gasteiger partial charge in [-0.3, -0.25) is 4.57 Å². The maximum atomic E-state index is 6.28. The Morgan fingerprint density at radius 2 is 1.28 bits per heavy atom. The van der Waals surface area contributed by atoms with E-state index in [1.54, 1.807) is 0 Å². The minimum absolute atomic E-state index is 0.468. The second kappa shape index (κ2) is 10.1. The summed E-state index contributed by atoms with van der Waals surface area (Å²) in [7, 11) is 0. The van der Waals surface area contributed by atoms with E-state index in [1.165, 1.54) is 16.3 Å². The smallest absolute Gasteiger partial charge is 0.149 e. The van der Waals surface area contributed by atoms with E-state index in [4.69, 9.17) is 9.40 Å². The first-order valence-corrected chi connectivity index (χ1v) is 14.8. The molecule has 0 saturated heterocycles. The van der Waals surface area contributed by atoms with Crippen LogP contribution in [-0.2, 0) is 0 Å². The van der Waals surface area contributed by atoms with Crippen molar-refractivity contribution >= 4 is 32.8 Å². The zero-order valence-electron chi connectivity index (χ0n) is 24.2. The molecule has 0 aliphatic carbocycles. The van der Waals surface area contributed by atoms with Crippen LogP contribution in [0.5, 0.6) is 0 Å². The SMILES string of the molecule is CC(C)c1ccc2cc3c(-c4nc5ccccc5n4-c4c(-c5ccccc5)cccc4-c4ccccc4)coc3cc2c1. The summed E-state index contributed by atoms with van der Waals surface area (Å²) in [5, 5.41) is 3.44. The van der Waals surface area contributed by atoms with Gasteiger partial charge in [-0.25, -0.2) is 4.98 Å². The van der Waals surface area contributed by atoms with Crippen LogP contribution in [0, 0.1) is 0 Å². The van der Waals surface area contributed by atoms with Gasteiger partial charge in [0.2, 0.25) is 0 Å². The fourth-order valence-electron chi connectivity index (χ4n) is 6.24. The van der Waals surface area contributed by atoms with Crippen LogP contribution in [0.25, 0.3) is 72.1 Å². The van der Waals surface area contributed by atoms with Crippen molar-refractivity contribution in [3.05, 3.63) is 145 Å². The second-order valence-electron chi connectivity index (χ2n) is 11.5. The Hall–Kier alpha value is -5.41. The van der Waals surface area contributed by atoms with E-state index in [2.05, 4.69) is 152 Å². The van der Waals surface area contributed by atoms with E-state index in [1.807, 2.05) is 6.26 Å². The van der Waals surface area contributed by atoms with Gasteiger partial charge in [0.15, 0.2) is 0 Å². The highest BCUT2D eigenvalue weighted by Crippen LogP contribution is 2.42. The Morgan fingerprint density at radius 1 is 0.605 bits per heavy atom. The maximum absolute atomic E-state index is 6.28. The Balaban J connectivity index is 1.45. The molecule has 0 radical (unpaired) electrons. The number of para-hydroxylation sites is 3. The van der Waals surface area contributed by atoms with Gasteiger partial charge in [-0.2, -0.15) is 0 Å². The molecule has 0 unspecified atom stereocenters. The summed E-state index contributed by atoms with van der Waals surface area (Å²) in [6, 6.07) is 47.3. The Bertz CT molecular complexity index is 2200. The van der Waals surface area contributed by atoms with Crippen LogP contribution in [0.4, 0.5) is 0 Å². The molecule has 6 aromatic carbocycles. The van der Waals surface area contributed by atoms with Crippen molar-refractivity contribution < 1.29 is 4.42 Å². The molecule has 3 nitrogen and oxygen atoms in total. The summed E-state index contributed by atoms with van der Waals surface area (Å²) >= 11 is 0. The molecule has 0 N–H and O–H groups in total. The van der Waals surface area contributed by atoms with E-state index < -0.39 is 0 Å². The minimum Gasteiger partial charge on any atom is -0.464 e. The molecule has 2 heterocycles. The molecule has 206 valence electrons. The van der Waals surface area contributed by atoms with Gasteiger partial charge in [0, 0.05) is 16.5 Å². The molecule has 8 aromatic rings. The average Bonchev–Trinajstić information content (AvgIpc) is 3.64. The van der Waals surface area contributed by atoms with Gasteiger partial charge in [0.1, 0.15) is 17.7 Å². The third kappa shape index (κ3) is 4.24. The van der Waals surface area contributed by atoms with E-state index >= 15 is 0 Å². The van der Waals surface area contributed by atoms with Crippen molar-refractivity contribution in [1.82, 2.24) is 9.55 Å². The van der Waals surface area contributed by atoms with Crippen molar-refractivity contribution in [2.75, 3.05) is 0 Å². The molecular weight excluding hydrogens is 524 g/mol. The molecule has 0 spiro atoms. The number of aromatic nitrogens is 2. The number of furan rings is 1. The molecule has 0 bridgehead atoms. The quantitative estimate of drug-likeness (QED) is 0.212. The highest BCUT2D eigenvalue weighted by atomic mass is 16.3. The molecule has 43 heavy (non-hydrogen) atoms. The molecular formula is C40H30N2O. The van der Waals surface area contributed by atoms with E-state index in [-0.39, 0.29) is 0 Å². The minimum atomic E-state index is 0.468. The first kappa shape index (κ1) is 25.3. The first-order valence-electron chi connectivity index (χ1n) is 14.8. The molecule has 8 rings (SSSR count). The van der Waals surface area contributed by atoms with Gasteiger partial charge in [0.25, 0.3) is 0 Å². The lowest BCUT2D eigenvalue weighted by molar-refractivity contribution is 0.617. The fourth-order valence-corrected chi connectivity index (χ4v) is 6.24. The number of fused-ring (bicyclic) bond motifs is 3. The molecule has 0 amide bonds. The van der Waals surface area contributed by atoms with Gasteiger partial charge in [-0.05, 0) is 57.6 Å². The summed E-state index contributed by atoms with van der Waals surface area (Å²) in [6.45, 7) is 4.46. The molecule has 0 saturated carbocycles.